The van der Waals surface area contributed by atoms with Crippen LogP contribution in [-0.4, -0.2) is 25.0 Å². The predicted molar refractivity (Wildman–Crippen MR) is 99.9 cm³/mol. The highest BCUT2D eigenvalue weighted by atomic mass is 35.5. The van der Waals surface area contributed by atoms with Crippen LogP contribution in [0.25, 0.3) is 0 Å². The lowest BCUT2D eigenvalue weighted by atomic mass is 9.95. The number of nitrogens with two attached hydrogens (primary N) is 1. The molecule has 2 amide bonds. The van der Waals surface area contributed by atoms with E-state index in [1.165, 1.54) is 12.1 Å². The van der Waals surface area contributed by atoms with Crippen molar-refractivity contribution in [1.29, 1.82) is 0 Å². The molecule has 0 spiro atoms. The Hall–Kier alpha value is -2.60. The van der Waals surface area contributed by atoms with Gasteiger partial charge in [-0.2, -0.15) is 0 Å². The number of ether oxygens (including phenoxy) is 1. The molecule has 1 aliphatic heterocycles. The topological polar surface area (TPSA) is 81.4 Å². The number of hydrogen-bond acceptors (Lipinski definition) is 3. The Morgan fingerprint density at radius 1 is 1.30 bits per heavy atom. The number of nitrogens with one attached hydrogen (secondary N) is 1. The van der Waals surface area contributed by atoms with E-state index in [2.05, 4.69) is 5.32 Å². The van der Waals surface area contributed by atoms with E-state index in [-0.39, 0.29) is 24.9 Å². The van der Waals surface area contributed by atoms with E-state index in [1.54, 1.807) is 18.2 Å². The number of primary amides is 1. The Labute approximate surface area is 161 Å². The molecule has 0 aliphatic carbocycles. The SMILES string of the molecule is NC(=O)C(CNC(=O)C1COc2cc(F)ccc2C1)Cc1ccccc1Cl. The molecule has 1 aliphatic rings. The van der Waals surface area contributed by atoms with Crippen molar-refractivity contribution in [2.24, 2.45) is 17.6 Å². The van der Waals surface area contributed by atoms with Gasteiger partial charge in [0.15, 0.2) is 0 Å². The Bertz CT molecular complexity index is 859. The van der Waals surface area contributed by atoms with Gasteiger partial charge in [-0.15, -0.1) is 0 Å². The van der Waals surface area contributed by atoms with E-state index in [0.29, 0.717) is 23.6 Å². The van der Waals surface area contributed by atoms with Crippen molar-refractivity contribution in [3.63, 3.8) is 0 Å². The highest BCUT2D eigenvalue weighted by molar-refractivity contribution is 6.31. The summed E-state index contributed by atoms with van der Waals surface area (Å²) in [6, 6.07) is 11.5. The molecule has 0 saturated carbocycles. The normalized spacial score (nSPS) is 16.7. The number of hydrogen-bond donors (Lipinski definition) is 2. The maximum absolute atomic E-state index is 13.2. The van der Waals surface area contributed by atoms with Crippen molar-refractivity contribution in [1.82, 2.24) is 5.32 Å². The second-order valence-corrected chi connectivity index (χ2v) is 7.01. The fourth-order valence-electron chi connectivity index (χ4n) is 3.09. The van der Waals surface area contributed by atoms with Gasteiger partial charge in [-0.3, -0.25) is 9.59 Å². The second kappa shape index (κ2) is 8.39. The van der Waals surface area contributed by atoms with Crippen LogP contribution in [0.1, 0.15) is 11.1 Å². The molecule has 2 unspecified atom stereocenters. The van der Waals surface area contributed by atoms with Crippen molar-refractivity contribution in [2.75, 3.05) is 13.2 Å². The van der Waals surface area contributed by atoms with Crippen LogP contribution in [0.15, 0.2) is 42.5 Å². The molecule has 0 saturated heterocycles. The van der Waals surface area contributed by atoms with Crippen LogP contribution in [-0.2, 0) is 22.4 Å². The van der Waals surface area contributed by atoms with Crippen LogP contribution in [0.4, 0.5) is 4.39 Å². The molecule has 5 nitrogen and oxygen atoms in total. The van der Waals surface area contributed by atoms with Gasteiger partial charge in [0.25, 0.3) is 0 Å². The first-order valence-electron chi connectivity index (χ1n) is 8.65. The first-order valence-corrected chi connectivity index (χ1v) is 9.03. The smallest absolute Gasteiger partial charge is 0.226 e. The van der Waals surface area contributed by atoms with Gasteiger partial charge in [0.05, 0.1) is 11.8 Å². The third-order valence-electron chi connectivity index (χ3n) is 4.66. The first-order chi connectivity index (χ1) is 12.9. The summed E-state index contributed by atoms with van der Waals surface area (Å²) < 4.78 is 18.7. The molecule has 1 heterocycles. The molecule has 2 aromatic carbocycles. The number of carbonyl (C=O) groups excluding carboxylic acids is 2. The molecule has 3 rings (SSSR count). The Morgan fingerprint density at radius 3 is 2.81 bits per heavy atom. The Balaban J connectivity index is 1.59. The summed E-state index contributed by atoms with van der Waals surface area (Å²) in [6.07, 6.45) is 0.797. The largest absolute Gasteiger partial charge is 0.492 e. The van der Waals surface area contributed by atoms with Gasteiger partial charge in [-0.25, -0.2) is 4.39 Å². The van der Waals surface area contributed by atoms with Crippen LogP contribution in [0.2, 0.25) is 5.02 Å². The third kappa shape index (κ3) is 4.77. The maximum atomic E-state index is 13.2. The van der Waals surface area contributed by atoms with E-state index in [9.17, 15) is 14.0 Å². The van der Waals surface area contributed by atoms with Crippen molar-refractivity contribution in [2.45, 2.75) is 12.8 Å². The monoisotopic (exact) mass is 390 g/mol. The zero-order valence-corrected chi connectivity index (χ0v) is 15.3. The van der Waals surface area contributed by atoms with Gasteiger partial charge in [-0.1, -0.05) is 35.9 Å². The molecule has 7 heteroatoms. The van der Waals surface area contributed by atoms with Crippen LogP contribution >= 0.6 is 11.6 Å². The molecule has 3 N–H and O–H groups in total. The first kappa shape index (κ1) is 19.2. The third-order valence-corrected chi connectivity index (χ3v) is 5.02. The maximum Gasteiger partial charge on any atom is 0.226 e. The molecule has 142 valence electrons. The number of halogens is 2. The number of rotatable bonds is 6. The van der Waals surface area contributed by atoms with Crippen LogP contribution in [0.3, 0.4) is 0 Å². The molecule has 0 fully saturated rings. The summed E-state index contributed by atoms with van der Waals surface area (Å²) >= 11 is 6.13. The van der Waals surface area contributed by atoms with Gasteiger partial charge in [0.2, 0.25) is 11.8 Å². The summed E-state index contributed by atoms with van der Waals surface area (Å²) in [4.78, 5) is 24.2. The molecule has 27 heavy (non-hydrogen) atoms. The lowest BCUT2D eigenvalue weighted by Gasteiger charge is -2.25. The minimum Gasteiger partial charge on any atom is -0.492 e. The summed E-state index contributed by atoms with van der Waals surface area (Å²) in [6.45, 7) is 0.278. The van der Waals surface area contributed by atoms with Crippen molar-refractivity contribution in [3.05, 3.63) is 64.4 Å². The lowest BCUT2D eigenvalue weighted by Crippen LogP contribution is -2.42. The molecule has 2 atom stereocenters. The van der Waals surface area contributed by atoms with E-state index in [0.717, 1.165) is 11.1 Å². The van der Waals surface area contributed by atoms with E-state index in [1.807, 2.05) is 12.1 Å². The van der Waals surface area contributed by atoms with Crippen LogP contribution in [0, 0.1) is 17.7 Å². The highest BCUT2D eigenvalue weighted by Crippen LogP contribution is 2.28. The van der Waals surface area contributed by atoms with Gasteiger partial charge in [0.1, 0.15) is 18.2 Å². The number of carbonyl (C=O) groups is 2. The minimum absolute atomic E-state index is 0.117. The number of benzene rings is 2. The highest BCUT2D eigenvalue weighted by Gasteiger charge is 2.27. The minimum atomic E-state index is -0.570. The summed E-state index contributed by atoms with van der Waals surface area (Å²) in [5.74, 6) is -1.61. The summed E-state index contributed by atoms with van der Waals surface area (Å²) in [5, 5.41) is 3.33. The fraction of sp³-hybridized carbons (Fsp3) is 0.300. The number of amides is 2. The van der Waals surface area contributed by atoms with Gasteiger partial charge in [-0.05, 0) is 36.1 Å². The van der Waals surface area contributed by atoms with Crippen LogP contribution in [0.5, 0.6) is 5.75 Å². The summed E-state index contributed by atoms with van der Waals surface area (Å²) in [5.41, 5.74) is 7.07. The zero-order chi connectivity index (χ0) is 19.4. The standard InChI is InChI=1S/C20H20ClFN2O3/c21-17-4-2-1-3-12(17)7-14(19(23)25)10-24-20(26)15-8-13-5-6-16(22)9-18(13)27-11-15/h1-6,9,14-15H,7-8,10-11H2,(H2,23,25)(H,24,26). The Morgan fingerprint density at radius 2 is 2.07 bits per heavy atom. The van der Waals surface area contributed by atoms with Crippen molar-refractivity contribution in [3.8, 4) is 5.75 Å². The Kier molecular flexibility index (Phi) is 5.96. The molecule has 2 aromatic rings. The average Bonchev–Trinajstić information content (AvgIpc) is 2.65. The van der Waals surface area contributed by atoms with Crippen molar-refractivity contribution < 1.29 is 18.7 Å². The van der Waals surface area contributed by atoms with Gasteiger partial charge >= 0.3 is 0 Å². The molecule has 0 radical (unpaired) electrons. The van der Waals surface area contributed by atoms with Gasteiger partial charge in [0, 0.05) is 17.6 Å². The zero-order valence-electron chi connectivity index (χ0n) is 14.6. The molecule has 0 bridgehead atoms. The van der Waals surface area contributed by atoms with E-state index in [4.69, 9.17) is 22.1 Å². The quantitative estimate of drug-likeness (QED) is 0.795. The van der Waals surface area contributed by atoms with E-state index < -0.39 is 17.7 Å². The fourth-order valence-corrected chi connectivity index (χ4v) is 3.30. The van der Waals surface area contributed by atoms with E-state index >= 15 is 0 Å². The molecule has 0 aromatic heterocycles. The average molecular weight is 391 g/mol. The molecular weight excluding hydrogens is 371 g/mol. The van der Waals surface area contributed by atoms with Crippen molar-refractivity contribution >= 4 is 23.4 Å². The van der Waals surface area contributed by atoms with Gasteiger partial charge < -0.3 is 15.8 Å². The molecular formula is C20H20ClFN2O3. The lowest BCUT2D eigenvalue weighted by molar-refractivity contribution is -0.127. The van der Waals surface area contributed by atoms with Crippen LogP contribution < -0.4 is 15.8 Å². The summed E-state index contributed by atoms with van der Waals surface area (Å²) in [7, 11) is 0. The predicted octanol–water partition coefficient (Wildman–Crippen LogP) is 2.49. The number of fused-ring (bicyclic) bond motifs is 1. The second-order valence-electron chi connectivity index (χ2n) is 6.60.